The Morgan fingerprint density at radius 2 is 1.72 bits per heavy atom. The molecule has 0 saturated carbocycles. The summed E-state index contributed by atoms with van der Waals surface area (Å²) in [6, 6.07) is 14.8. The number of thiocarbonyl (C=S) groups is 1. The molecule has 25 heavy (non-hydrogen) atoms. The molecule has 3 rings (SSSR count). The second-order valence-corrected chi connectivity index (χ2v) is 7.39. The molecule has 2 amide bonds. The molecule has 4 nitrogen and oxygen atoms in total. The molecule has 7 heteroatoms. The number of hydrogen-bond acceptors (Lipinski definition) is 4. The van der Waals surface area contributed by atoms with E-state index in [9.17, 15) is 9.59 Å². The third-order valence-corrected chi connectivity index (χ3v) is 5.17. The predicted molar refractivity (Wildman–Crippen MR) is 109 cm³/mol. The smallest absolute Gasteiger partial charge is 0.270 e. The maximum Gasteiger partial charge on any atom is 0.270 e. The molecule has 2 aromatic carbocycles. The van der Waals surface area contributed by atoms with Gasteiger partial charge in [0, 0.05) is 9.37 Å². The third kappa shape index (κ3) is 3.84. The molecule has 0 bridgehead atoms. The lowest BCUT2D eigenvalue weighted by Gasteiger charge is -2.29. The number of hydrogen-bond donors (Lipinski definition) is 1. The number of nitrogens with one attached hydrogen (secondary N) is 1. The molecule has 0 radical (unpaired) electrons. The van der Waals surface area contributed by atoms with Gasteiger partial charge in [-0.25, -0.2) is 0 Å². The zero-order valence-electron chi connectivity index (χ0n) is 13.2. The Labute approximate surface area is 163 Å². The van der Waals surface area contributed by atoms with Gasteiger partial charge in [0.2, 0.25) is 0 Å². The van der Waals surface area contributed by atoms with Crippen LogP contribution >= 0.6 is 39.9 Å². The Hall–Kier alpha value is -1.96. The van der Waals surface area contributed by atoms with Gasteiger partial charge in [-0.2, -0.15) is 0 Å². The van der Waals surface area contributed by atoms with E-state index in [2.05, 4.69) is 21.2 Å². The monoisotopic (exact) mass is 432 g/mol. The Balaban J connectivity index is 1.97. The van der Waals surface area contributed by atoms with Crippen LogP contribution in [0.25, 0.3) is 6.08 Å². The minimum atomic E-state index is -0.489. The average molecular weight is 433 g/mol. The zero-order valence-corrected chi connectivity index (χ0v) is 16.4. The van der Waals surface area contributed by atoms with Crippen molar-refractivity contribution < 1.29 is 9.59 Å². The van der Waals surface area contributed by atoms with Crippen molar-refractivity contribution in [3.8, 4) is 0 Å². The number of amides is 2. The zero-order chi connectivity index (χ0) is 18.0. The van der Waals surface area contributed by atoms with Crippen LogP contribution in [0.15, 0.2) is 63.5 Å². The molecule has 0 unspecified atom stereocenters. The highest BCUT2D eigenvalue weighted by Crippen LogP contribution is 2.24. The molecule has 0 atom stereocenters. The summed E-state index contributed by atoms with van der Waals surface area (Å²) in [4.78, 5) is 27.5. The summed E-state index contributed by atoms with van der Waals surface area (Å²) in [5.41, 5.74) is 1.43. The average Bonchev–Trinajstić information content (AvgIpc) is 2.60. The largest absolute Gasteiger partial charge is 0.298 e. The third-order valence-electron chi connectivity index (χ3n) is 3.61. The number of thioether (sulfide) groups is 1. The second kappa shape index (κ2) is 7.51. The predicted octanol–water partition coefficient (Wildman–Crippen LogP) is 4.00. The first-order valence-corrected chi connectivity index (χ1v) is 9.73. The van der Waals surface area contributed by atoms with Crippen molar-refractivity contribution in [3.05, 3.63) is 64.1 Å². The summed E-state index contributed by atoms with van der Waals surface area (Å²) in [5.74, 6) is -0.928. The number of anilines is 1. The summed E-state index contributed by atoms with van der Waals surface area (Å²) < 4.78 is 0.889. The first-order valence-electron chi connectivity index (χ1n) is 7.30. The minimum absolute atomic E-state index is 0.0495. The number of nitrogens with zero attached hydrogens (tertiary/aromatic N) is 1. The fourth-order valence-corrected chi connectivity index (χ4v) is 3.30. The van der Waals surface area contributed by atoms with Crippen molar-refractivity contribution in [1.82, 2.24) is 5.32 Å². The first kappa shape index (κ1) is 17.8. The van der Waals surface area contributed by atoms with Crippen LogP contribution in [-0.2, 0) is 9.59 Å². The molecule has 1 aliphatic rings. The number of rotatable bonds is 3. The van der Waals surface area contributed by atoms with Crippen molar-refractivity contribution in [2.75, 3.05) is 11.2 Å². The van der Waals surface area contributed by atoms with Gasteiger partial charge in [0.15, 0.2) is 5.11 Å². The van der Waals surface area contributed by atoms with Crippen molar-refractivity contribution in [3.63, 3.8) is 0 Å². The Morgan fingerprint density at radius 1 is 1.08 bits per heavy atom. The van der Waals surface area contributed by atoms with Gasteiger partial charge < -0.3 is 0 Å². The first-order chi connectivity index (χ1) is 12.0. The van der Waals surface area contributed by atoms with Crippen LogP contribution in [-0.4, -0.2) is 23.2 Å². The highest BCUT2D eigenvalue weighted by Gasteiger charge is 2.34. The number of carbonyl (C=O) groups excluding carboxylic acids is 2. The van der Waals surface area contributed by atoms with Gasteiger partial charge in [0.1, 0.15) is 5.57 Å². The van der Waals surface area contributed by atoms with Crippen LogP contribution in [0.5, 0.6) is 0 Å². The van der Waals surface area contributed by atoms with E-state index >= 15 is 0 Å². The van der Waals surface area contributed by atoms with Gasteiger partial charge >= 0.3 is 0 Å². The fourth-order valence-electron chi connectivity index (χ4n) is 2.35. The van der Waals surface area contributed by atoms with Crippen LogP contribution in [0.4, 0.5) is 5.69 Å². The lowest BCUT2D eigenvalue weighted by molar-refractivity contribution is -0.122. The molecule has 0 aromatic heterocycles. The highest BCUT2D eigenvalue weighted by atomic mass is 79.9. The van der Waals surface area contributed by atoms with Gasteiger partial charge in [-0.1, -0.05) is 28.1 Å². The van der Waals surface area contributed by atoms with Gasteiger partial charge in [0.05, 0.1) is 5.69 Å². The number of carbonyl (C=O) groups is 2. The molecule has 1 N–H and O–H groups in total. The maximum absolute atomic E-state index is 12.9. The normalized spacial score (nSPS) is 16.3. The van der Waals surface area contributed by atoms with Crippen LogP contribution in [0, 0.1) is 0 Å². The standard InChI is InChI=1S/C18H13BrN2O2S2/c1-25-14-8-2-11(3-9-14)10-15-16(22)20-18(24)21(17(15)23)13-6-4-12(19)5-7-13/h2-10H,1H3,(H,20,22,24)/b15-10+. The molecule has 1 fully saturated rings. The van der Waals surface area contributed by atoms with E-state index in [-0.39, 0.29) is 10.7 Å². The summed E-state index contributed by atoms with van der Waals surface area (Å²) in [6.45, 7) is 0. The van der Waals surface area contributed by atoms with Crippen molar-refractivity contribution in [2.24, 2.45) is 0 Å². The molecule has 1 heterocycles. The molecular weight excluding hydrogens is 420 g/mol. The van der Waals surface area contributed by atoms with Crippen LogP contribution < -0.4 is 10.2 Å². The van der Waals surface area contributed by atoms with Crippen LogP contribution in [0.1, 0.15) is 5.56 Å². The molecule has 0 aliphatic carbocycles. The number of benzene rings is 2. The quantitative estimate of drug-likeness (QED) is 0.344. The topological polar surface area (TPSA) is 49.4 Å². The van der Waals surface area contributed by atoms with E-state index in [1.54, 1.807) is 30.0 Å². The highest BCUT2D eigenvalue weighted by molar-refractivity contribution is 9.10. The summed E-state index contributed by atoms with van der Waals surface area (Å²) in [6.07, 6.45) is 3.57. The summed E-state index contributed by atoms with van der Waals surface area (Å²) in [7, 11) is 0. The van der Waals surface area contributed by atoms with Gasteiger partial charge in [-0.15, -0.1) is 11.8 Å². The molecule has 0 spiro atoms. The Kier molecular flexibility index (Phi) is 5.36. The van der Waals surface area contributed by atoms with Crippen molar-refractivity contribution >= 4 is 68.6 Å². The second-order valence-electron chi connectivity index (χ2n) is 5.21. The van der Waals surface area contributed by atoms with Crippen LogP contribution in [0.2, 0.25) is 0 Å². The van der Waals surface area contributed by atoms with E-state index in [0.29, 0.717) is 5.69 Å². The fraction of sp³-hybridized carbons (Fsp3) is 0.0556. The van der Waals surface area contributed by atoms with Crippen LogP contribution in [0.3, 0.4) is 0 Å². The van der Waals surface area contributed by atoms with E-state index in [1.165, 1.54) is 4.90 Å². The van der Waals surface area contributed by atoms with E-state index in [1.807, 2.05) is 42.7 Å². The van der Waals surface area contributed by atoms with Crippen molar-refractivity contribution in [1.29, 1.82) is 0 Å². The molecular formula is C18H13BrN2O2S2. The van der Waals surface area contributed by atoms with E-state index in [4.69, 9.17) is 12.2 Å². The molecule has 2 aromatic rings. The maximum atomic E-state index is 12.9. The van der Waals surface area contributed by atoms with Gasteiger partial charge in [-0.3, -0.25) is 19.8 Å². The summed E-state index contributed by atoms with van der Waals surface area (Å²) >= 11 is 10.2. The van der Waals surface area contributed by atoms with E-state index < -0.39 is 11.8 Å². The Morgan fingerprint density at radius 3 is 2.32 bits per heavy atom. The summed E-state index contributed by atoms with van der Waals surface area (Å²) in [5, 5.41) is 2.66. The van der Waals surface area contributed by atoms with E-state index in [0.717, 1.165) is 14.9 Å². The Bertz CT molecular complexity index is 877. The van der Waals surface area contributed by atoms with Gasteiger partial charge in [-0.05, 0) is 66.5 Å². The molecule has 1 aliphatic heterocycles. The lowest BCUT2D eigenvalue weighted by atomic mass is 10.1. The van der Waals surface area contributed by atoms with Gasteiger partial charge in [0.25, 0.3) is 11.8 Å². The minimum Gasteiger partial charge on any atom is -0.298 e. The van der Waals surface area contributed by atoms with Crippen molar-refractivity contribution in [2.45, 2.75) is 4.90 Å². The molecule has 126 valence electrons. The molecule has 1 saturated heterocycles. The number of halogens is 1. The lowest BCUT2D eigenvalue weighted by Crippen LogP contribution is -2.54. The SMILES string of the molecule is CSc1ccc(/C=C2\C(=O)NC(=S)N(c3ccc(Br)cc3)C2=O)cc1.